The molecule has 0 saturated carbocycles. The van der Waals surface area contributed by atoms with Gasteiger partial charge in [0.25, 0.3) is 5.91 Å². The molecule has 0 bridgehead atoms. The molecule has 2 atom stereocenters. The van der Waals surface area contributed by atoms with Gasteiger partial charge >= 0.3 is 6.03 Å². The zero-order valence-corrected chi connectivity index (χ0v) is 15.5. The zero-order chi connectivity index (χ0) is 17.5. The zero-order valence-electron chi connectivity index (χ0n) is 13.9. The van der Waals surface area contributed by atoms with Gasteiger partial charge in [-0.05, 0) is 31.0 Å². The van der Waals surface area contributed by atoms with Crippen LogP contribution in [0.2, 0.25) is 5.02 Å². The van der Waals surface area contributed by atoms with Gasteiger partial charge in [0.15, 0.2) is 0 Å². The second-order valence-electron chi connectivity index (χ2n) is 5.72. The molecule has 0 spiro atoms. The number of hydrogen-bond acceptors (Lipinski definition) is 3. The summed E-state index contributed by atoms with van der Waals surface area (Å²) in [6.07, 6.45) is 0.349. The van der Waals surface area contributed by atoms with Crippen LogP contribution < -0.4 is 21.3 Å². The lowest BCUT2D eigenvalue weighted by Crippen LogP contribution is -2.39. The fraction of sp³-hybridized carbons (Fsp3) is 0.500. The third kappa shape index (κ3) is 6.68. The molecule has 9 heteroatoms. The highest BCUT2D eigenvalue weighted by atomic mass is 35.5. The van der Waals surface area contributed by atoms with Crippen molar-refractivity contribution in [1.82, 2.24) is 16.0 Å². The third-order valence-corrected chi connectivity index (χ3v) is 4.01. The lowest BCUT2D eigenvalue weighted by molar-refractivity contribution is 0.0954. The first-order valence-electron chi connectivity index (χ1n) is 7.99. The maximum Gasteiger partial charge on any atom is 0.319 e. The van der Waals surface area contributed by atoms with Crippen molar-refractivity contribution in [1.29, 1.82) is 0 Å². The summed E-state index contributed by atoms with van der Waals surface area (Å²) in [4.78, 5) is 23.9. The number of benzene rings is 1. The Balaban J connectivity index is 0.00000312. The smallest absolute Gasteiger partial charge is 0.319 e. The minimum Gasteiger partial charge on any atom is -0.352 e. The summed E-state index contributed by atoms with van der Waals surface area (Å²) in [5.74, 6) is -0.282. The first-order chi connectivity index (χ1) is 11.5. The second kappa shape index (κ2) is 10.4. The highest BCUT2D eigenvalue weighted by Crippen LogP contribution is 2.20. The molecule has 3 amide bonds. The molecule has 0 aliphatic carbocycles. The summed E-state index contributed by atoms with van der Waals surface area (Å²) in [7, 11) is 0. The molecule has 0 aromatic heterocycles. The monoisotopic (exact) mass is 392 g/mol. The minimum atomic E-state index is -0.861. The van der Waals surface area contributed by atoms with Gasteiger partial charge in [-0.15, -0.1) is 12.4 Å². The van der Waals surface area contributed by atoms with Crippen molar-refractivity contribution in [2.24, 2.45) is 0 Å². The Kier molecular flexibility index (Phi) is 8.96. The topological polar surface area (TPSA) is 82.3 Å². The maximum atomic E-state index is 13.1. The number of carbonyl (C=O) groups is 2. The van der Waals surface area contributed by atoms with E-state index in [2.05, 4.69) is 21.3 Å². The van der Waals surface area contributed by atoms with E-state index >= 15 is 0 Å². The number of anilines is 1. The Morgan fingerprint density at radius 2 is 2.12 bits per heavy atom. The Labute approximate surface area is 157 Å². The molecule has 1 aliphatic heterocycles. The number of alkyl halides is 1. The first-order valence-corrected chi connectivity index (χ1v) is 8.37. The van der Waals surface area contributed by atoms with Crippen LogP contribution in [0.25, 0.3) is 0 Å². The van der Waals surface area contributed by atoms with Gasteiger partial charge in [0.1, 0.15) is 6.17 Å². The molecule has 0 radical (unpaired) electrons. The highest BCUT2D eigenvalue weighted by molar-refractivity contribution is 6.34. The number of halogens is 3. The molecule has 1 fully saturated rings. The van der Waals surface area contributed by atoms with E-state index in [0.717, 1.165) is 6.42 Å². The number of nitrogens with one attached hydrogen (secondary N) is 4. The predicted molar refractivity (Wildman–Crippen MR) is 99.6 cm³/mol. The molecular weight excluding hydrogens is 370 g/mol. The molecule has 1 aliphatic rings. The van der Waals surface area contributed by atoms with Gasteiger partial charge in [0.05, 0.1) is 10.6 Å². The number of hydrogen-bond donors (Lipinski definition) is 4. The van der Waals surface area contributed by atoms with Crippen LogP contribution in [0, 0.1) is 0 Å². The molecule has 6 nitrogen and oxygen atoms in total. The Hall–Kier alpha value is -1.57. The van der Waals surface area contributed by atoms with Crippen molar-refractivity contribution in [3.05, 3.63) is 28.8 Å². The summed E-state index contributed by atoms with van der Waals surface area (Å²) in [5.41, 5.74) is 0.766. The summed E-state index contributed by atoms with van der Waals surface area (Å²) in [6.45, 7) is 3.16. The molecular formula is C16H23Cl2FN4O2. The molecule has 1 heterocycles. The van der Waals surface area contributed by atoms with Gasteiger partial charge in [-0.3, -0.25) is 4.79 Å². The van der Waals surface area contributed by atoms with Crippen molar-refractivity contribution in [2.75, 3.05) is 25.0 Å². The van der Waals surface area contributed by atoms with Crippen LogP contribution in [0.1, 0.15) is 30.1 Å². The minimum absolute atomic E-state index is 0. The van der Waals surface area contributed by atoms with E-state index in [1.807, 2.05) is 6.92 Å². The van der Waals surface area contributed by atoms with E-state index in [0.29, 0.717) is 42.3 Å². The fourth-order valence-electron chi connectivity index (χ4n) is 2.43. The molecule has 1 aromatic carbocycles. The summed E-state index contributed by atoms with van der Waals surface area (Å²) in [6, 6.07) is 4.22. The van der Waals surface area contributed by atoms with Gasteiger partial charge in [0, 0.05) is 31.4 Å². The van der Waals surface area contributed by atoms with Crippen LogP contribution in [0.4, 0.5) is 14.9 Å². The normalized spacial score (nSPS) is 19.0. The SMILES string of the molecule is CCCNC(=O)c1cc(NC(=O)NC[C@@H]2C[C@H](F)CN2)ccc1Cl.Cl. The van der Waals surface area contributed by atoms with E-state index in [4.69, 9.17) is 11.6 Å². The summed E-state index contributed by atoms with van der Waals surface area (Å²) in [5, 5.41) is 11.4. The molecule has 2 rings (SSSR count). The van der Waals surface area contributed by atoms with Gasteiger partial charge in [-0.25, -0.2) is 9.18 Å². The van der Waals surface area contributed by atoms with Crippen LogP contribution in [0.5, 0.6) is 0 Å². The van der Waals surface area contributed by atoms with E-state index in [1.54, 1.807) is 12.1 Å². The van der Waals surface area contributed by atoms with Crippen molar-refractivity contribution < 1.29 is 14.0 Å². The predicted octanol–water partition coefficient (Wildman–Crippen LogP) is 2.72. The van der Waals surface area contributed by atoms with Gasteiger partial charge in [-0.2, -0.15) is 0 Å². The molecule has 0 unspecified atom stereocenters. The largest absolute Gasteiger partial charge is 0.352 e. The quantitative estimate of drug-likeness (QED) is 0.600. The first kappa shape index (κ1) is 21.5. The lowest BCUT2D eigenvalue weighted by Gasteiger charge is -2.13. The molecule has 1 saturated heterocycles. The van der Waals surface area contributed by atoms with Crippen LogP contribution in [0.15, 0.2) is 18.2 Å². The van der Waals surface area contributed by atoms with Crippen LogP contribution in [-0.4, -0.2) is 43.8 Å². The molecule has 1 aromatic rings. The standard InChI is InChI=1S/C16H22ClFN4O2.ClH/c1-2-5-19-15(23)13-7-11(3-4-14(13)17)22-16(24)21-9-12-6-10(18)8-20-12;/h3-4,7,10,12,20H,2,5-6,8-9H2,1H3,(H,19,23)(H2,21,22,24);1H/t10-,12-;/m0./s1. The van der Waals surface area contributed by atoms with E-state index in [1.165, 1.54) is 6.07 Å². The lowest BCUT2D eigenvalue weighted by atomic mass is 10.2. The van der Waals surface area contributed by atoms with Gasteiger partial charge in [-0.1, -0.05) is 18.5 Å². The Bertz CT molecular complexity index is 603. The van der Waals surface area contributed by atoms with Gasteiger partial charge in [0.2, 0.25) is 0 Å². The summed E-state index contributed by atoms with van der Waals surface area (Å²) >= 11 is 6.03. The average molecular weight is 393 g/mol. The van der Waals surface area contributed by atoms with Gasteiger partial charge < -0.3 is 21.3 Å². The number of amides is 3. The van der Waals surface area contributed by atoms with Crippen LogP contribution in [0.3, 0.4) is 0 Å². The molecule has 4 N–H and O–H groups in total. The number of urea groups is 1. The third-order valence-electron chi connectivity index (χ3n) is 3.68. The van der Waals surface area contributed by atoms with Crippen LogP contribution >= 0.6 is 24.0 Å². The molecule has 25 heavy (non-hydrogen) atoms. The average Bonchev–Trinajstić information content (AvgIpc) is 2.98. The number of rotatable bonds is 6. The van der Waals surface area contributed by atoms with Crippen molar-refractivity contribution >= 4 is 41.6 Å². The van der Waals surface area contributed by atoms with E-state index in [-0.39, 0.29) is 24.4 Å². The van der Waals surface area contributed by atoms with Crippen molar-refractivity contribution in [3.8, 4) is 0 Å². The Morgan fingerprint density at radius 3 is 2.76 bits per heavy atom. The van der Waals surface area contributed by atoms with Crippen LogP contribution in [-0.2, 0) is 0 Å². The van der Waals surface area contributed by atoms with E-state index in [9.17, 15) is 14.0 Å². The maximum absolute atomic E-state index is 13.1. The fourth-order valence-corrected chi connectivity index (χ4v) is 2.63. The summed E-state index contributed by atoms with van der Waals surface area (Å²) < 4.78 is 13.1. The highest BCUT2D eigenvalue weighted by Gasteiger charge is 2.23. The van der Waals surface area contributed by atoms with Crippen molar-refractivity contribution in [3.63, 3.8) is 0 Å². The number of carbonyl (C=O) groups excluding carboxylic acids is 2. The molecule has 140 valence electrons. The van der Waals surface area contributed by atoms with Crippen molar-refractivity contribution in [2.45, 2.75) is 32.0 Å². The second-order valence-corrected chi connectivity index (χ2v) is 6.13. The Morgan fingerprint density at radius 1 is 1.36 bits per heavy atom. The van der Waals surface area contributed by atoms with E-state index < -0.39 is 12.2 Å².